The first kappa shape index (κ1) is 25.5. The van der Waals surface area contributed by atoms with Crippen LogP contribution in [0.3, 0.4) is 0 Å². The van der Waals surface area contributed by atoms with Crippen molar-refractivity contribution >= 4 is 17.7 Å². The minimum absolute atomic E-state index is 0.0344. The number of carbonyl (C=O) groups is 1. The Morgan fingerprint density at radius 3 is 2.42 bits per heavy atom. The van der Waals surface area contributed by atoms with Crippen LogP contribution in [0.5, 0.6) is 5.75 Å². The molecule has 0 saturated carbocycles. The van der Waals surface area contributed by atoms with E-state index < -0.39 is 0 Å². The maximum absolute atomic E-state index is 13.0. The van der Waals surface area contributed by atoms with Gasteiger partial charge in [0.1, 0.15) is 5.75 Å². The lowest BCUT2D eigenvalue weighted by molar-refractivity contribution is 0.0818. The van der Waals surface area contributed by atoms with Gasteiger partial charge in [-0.25, -0.2) is 0 Å². The number of carbonyl (C=O) groups excluding carboxylic acids is 1. The average molecular weight is 488 g/mol. The van der Waals surface area contributed by atoms with E-state index >= 15 is 0 Å². The zero-order chi connectivity index (χ0) is 25.7. The molecule has 0 saturated heterocycles. The predicted octanol–water partition coefficient (Wildman–Crippen LogP) is 3.97. The van der Waals surface area contributed by atoms with Crippen molar-refractivity contribution in [1.82, 2.24) is 19.6 Å². The number of rotatable bonds is 9. The Labute approximate surface area is 214 Å². The molecule has 1 aliphatic heterocycles. The number of hydrogen-bond acceptors (Lipinski definition) is 5. The summed E-state index contributed by atoms with van der Waals surface area (Å²) < 4.78 is 7.32. The smallest absolute Gasteiger partial charge is 0.274 e. The number of methoxy groups -OCH3 is 1. The normalized spacial score (nSPS) is 13.6. The van der Waals surface area contributed by atoms with Gasteiger partial charge in [0.15, 0.2) is 5.69 Å². The maximum Gasteiger partial charge on any atom is 0.274 e. The summed E-state index contributed by atoms with van der Waals surface area (Å²) >= 11 is 0. The number of ether oxygens (including phenoxy) is 1. The van der Waals surface area contributed by atoms with Gasteiger partial charge in [-0.2, -0.15) is 5.10 Å². The number of fused-ring (bicyclic) bond motifs is 1. The van der Waals surface area contributed by atoms with Gasteiger partial charge >= 0.3 is 0 Å². The zero-order valence-electron chi connectivity index (χ0n) is 22.1. The summed E-state index contributed by atoms with van der Waals surface area (Å²) in [5, 5.41) is 4.80. The quantitative estimate of drug-likeness (QED) is 0.457. The van der Waals surface area contributed by atoms with Crippen molar-refractivity contribution in [1.29, 1.82) is 0 Å². The minimum Gasteiger partial charge on any atom is -0.497 e. The lowest BCUT2D eigenvalue weighted by atomic mass is 10.0. The third kappa shape index (κ3) is 5.97. The van der Waals surface area contributed by atoms with Crippen LogP contribution in [0.4, 0.5) is 5.69 Å². The minimum atomic E-state index is -0.0344. The van der Waals surface area contributed by atoms with Gasteiger partial charge in [-0.3, -0.25) is 14.4 Å². The van der Waals surface area contributed by atoms with E-state index in [0.29, 0.717) is 5.69 Å². The van der Waals surface area contributed by atoms with Crippen molar-refractivity contribution in [3.05, 3.63) is 82.7 Å². The summed E-state index contributed by atoms with van der Waals surface area (Å²) in [6, 6.07) is 16.7. The van der Waals surface area contributed by atoms with Gasteiger partial charge in [0.2, 0.25) is 0 Å². The number of anilines is 1. The molecule has 1 amide bonds. The Morgan fingerprint density at radius 2 is 1.78 bits per heavy atom. The monoisotopic (exact) mass is 487 g/mol. The first-order chi connectivity index (χ1) is 17.4. The van der Waals surface area contributed by atoms with Crippen LogP contribution in [0.25, 0.3) is 6.08 Å². The number of benzene rings is 2. The molecule has 0 spiro atoms. The number of aryl methyl sites for hydroxylation is 2. The van der Waals surface area contributed by atoms with Crippen LogP contribution in [0, 0.1) is 0 Å². The number of aromatic nitrogens is 2. The van der Waals surface area contributed by atoms with Crippen LogP contribution in [-0.4, -0.2) is 73.9 Å². The molecule has 0 bridgehead atoms. The molecule has 0 N–H and O–H groups in total. The van der Waals surface area contributed by atoms with Crippen LogP contribution in [0.1, 0.15) is 32.9 Å². The molecule has 2 heterocycles. The fourth-order valence-corrected chi connectivity index (χ4v) is 4.52. The molecule has 0 radical (unpaired) electrons. The van der Waals surface area contributed by atoms with Crippen molar-refractivity contribution in [3.8, 4) is 5.75 Å². The van der Waals surface area contributed by atoms with Crippen LogP contribution in [0.2, 0.25) is 0 Å². The summed E-state index contributed by atoms with van der Waals surface area (Å²) in [4.78, 5) is 19.1. The van der Waals surface area contributed by atoms with Crippen LogP contribution >= 0.6 is 0 Å². The highest BCUT2D eigenvalue weighted by Gasteiger charge is 2.28. The van der Waals surface area contributed by atoms with E-state index in [1.807, 2.05) is 26.2 Å². The van der Waals surface area contributed by atoms with Gasteiger partial charge in [0.25, 0.3) is 5.91 Å². The molecule has 1 aromatic heterocycles. The van der Waals surface area contributed by atoms with E-state index in [4.69, 9.17) is 9.84 Å². The molecule has 7 heteroatoms. The second-order valence-electron chi connectivity index (χ2n) is 9.67. The van der Waals surface area contributed by atoms with Crippen LogP contribution < -0.4 is 9.64 Å². The highest BCUT2D eigenvalue weighted by molar-refractivity contribution is 5.93. The fraction of sp³-hybridized carbons (Fsp3) is 0.379. The van der Waals surface area contributed by atoms with Crippen molar-refractivity contribution in [2.45, 2.75) is 25.9 Å². The van der Waals surface area contributed by atoms with Gasteiger partial charge in [-0.1, -0.05) is 36.4 Å². The first-order valence-electron chi connectivity index (χ1n) is 12.4. The van der Waals surface area contributed by atoms with Crippen molar-refractivity contribution in [2.75, 3.05) is 53.3 Å². The largest absolute Gasteiger partial charge is 0.497 e. The van der Waals surface area contributed by atoms with Crippen molar-refractivity contribution in [2.24, 2.45) is 0 Å². The van der Waals surface area contributed by atoms with Crippen LogP contribution in [-0.2, 0) is 25.9 Å². The summed E-state index contributed by atoms with van der Waals surface area (Å²) in [5.74, 6) is 0.821. The Hall–Kier alpha value is -3.58. The van der Waals surface area contributed by atoms with Crippen molar-refractivity contribution < 1.29 is 9.53 Å². The molecule has 1 aliphatic rings. The highest BCUT2D eigenvalue weighted by atomic mass is 16.5. The molecule has 7 nitrogen and oxygen atoms in total. The van der Waals surface area contributed by atoms with E-state index in [1.54, 1.807) is 26.1 Å². The number of amides is 1. The molecule has 2 aromatic carbocycles. The second-order valence-corrected chi connectivity index (χ2v) is 9.67. The van der Waals surface area contributed by atoms with Gasteiger partial charge in [0.05, 0.1) is 7.11 Å². The summed E-state index contributed by atoms with van der Waals surface area (Å²) in [7, 11) is 9.35. The zero-order valence-corrected chi connectivity index (χ0v) is 22.1. The highest BCUT2D eigenvalue weighted by Crippen LogP contribution is 2.24. The Morgan fingerprint density at radius 1 is 1.06 bits per heavy atom. The molecule has 0 atom stereocenters. The van der Waals surface area contributed by atoms with Gasteiger partial charge in [0, 0.05) is 77.7 Å². The Balaban J connectivity index is 1.46. The third-order valence-corrected chi connectivity index (χ3v) is 6.68. The molecule has 36 heavy (non-hydrogen) atoms. The van der Waals surface area contributed by atoms with Gasteiger partial charge in [-0.15, -0.1) is 0 Å². The average Bonchev–Trinajstić information content (AvgIpc) is 3.25. The summed E-state index contributed by atoms with van der Waals surface area (Å²) in [6.07, 6.45) is 6.11. The lowest BCUT2D eigenvalue weighted by Gasteiger charge is -2.26. The SMILES string of the molecule is COc1ccc(CCn2nc(C(=O)N(C)C)c3c2CCN(C/C=C/c2ccc(N(C)C)cc2)C3)cc1. The van der Waals surface area contributed by atoms with Gasteiger partial charge in [-0.05, 0) is 41.8 Å². The summed E-state index contributed by atoms with van der Waals surface area (Å²) in [5.41, 5.74) is 6.44. The number of nitrogens with zero attached hydrogens (tertiary/aromatic N) is 5. The van der Waals surface area contributed by atoms with E-state index in [0.717, 1.165) is 50.3 Å². The van der Waals surface area contributed by atoms with Gasteiger partial charge < -0.3 is 14.5 Å². The fourth-order valence-electron chi connectivity index (χ4n) is 4.52. The van der Waals surface area contributed by atoms with E-state index in [-0.39, 0.29) is 5.91 Å². The number of hydrogen-bond donors (Lipinski definition) is 0. The summed E-state index contributed by atoms with van der Waals surface area (Å²) in [6.45, 7) is 3.26. The topological polar surface area (TPSA) is 53.8 Å². The molecule has 0 fully saturated rings. The van der Waals surface area contributed by atoms with E-state index in [2.05, 4.69) is 63.0 Å². The van der Waals surface area contributed by atoms with Crippen molar-refractivity contribution in [3.63, 3.8) is 0 Å². The molecule has 3 aromatic rings. The molecule has 4 rings (SSSR count). The first-order valence-corrected chi connectivity index (χ1v) is 12.4. The molecule has 190 valence electrons. The lowest BCUT2D eigenvalue weighted by Crippen LogP contribution is -2.32. The van der Waals surface area contributed by atoms with E-state index in [9.17, 15) is 4.79 Å². The maximum atomic E-state index is 13.0. The third-order valence-electron chi connectivity index (χ3n) is 6.68. The standard InChI is InChI=1S/C29H37N5O2/c1-31(2)24-12-8-22(9-13-24)7-6-18-33-19-17-27-26(21-33)28(29(35)32(3)4)30-34(27)20-16-23-10-14-25(36-5)15-11-23/h6-15H,16-21H2,1-5H3/b7-6+. The van der Waals surface area contributed by atoms with Crippen LogP contribution in [0.15, 0.2) is 54.6 Å². The van der Waals surface area contributed by atoms with E-state index in [1.165, 1.54) is 22.5 Å². The molecular formula is C29H37N5O2. The predicted molar refractivity (Wildman–Crippen MR) is 146 cm³/mol. The molecule has 0 unspecified atom stereocenters. The molecular weight excluding hydrogens is 450 g/mol. The Bertz CT molecular complexity index is 1190. The second kappa shape index (κ2) is 11.4. The Kier molecular flexibility index (Phi) is 8.10. The molecule has 0 aliphatic carbocycles.